The van der Waals surface area contributed by atoms with Crippen LogP contribution in [0.4, 0.5) is 0 Å². The van der Waals surface area contributed by atoms with E-state index in [1.807, 2.05) is 0 Å². The molecule has 2 rings (SSSR count). The number of nitrogens with one attached hydrogen (secondary N) is 1. The Morgan fingerprint density at radius 3 is 2.07 bits per heavy atom. The van der Waals surface area contributed by atoms with Crippen LogP contribution in [0.15, 0.2) is 0 Å². The molecule has 2 saturated carbocycles. The van der Waals surface area contributed by atoms with Crippen LogP contribution in [0.25, 0.3) is 0 Å². The smallest absolute Gasteiger partial charge is 0.273 e. The Morgan fingerprint density at radius 1 is 1.07 bits per heavy atom. The largest absolute Gasteiger partial charge is 0.333 e. The molecule has 0 amide bonds. The van der Waals surface area contributed by atoms with Crippen LogP contribution in [0.2, 0.25) is 0 Å². The van der Waals surface area contributed by atoms with E-state index >= 15 is 0 Å². The highest BCUT2D eigenvalue weighted by molar-refractivity contribution is 7.83. The van der Waals surface area contributed by atoms with Gasteiger partial charge in [-0.15, -0.1) is 0 Å². The molecule has 5 heteroatoms. The molecule has 0 aliphatic heterocycles. The normalized spacial score (nSPS) is 41.5. The molecule has 2 N–H and O–H groups in total. The Bertz CT molecular complexity index is 310. The second-order valence-electron chi connectivity index (χ2n) is 5.31. The Labute approximate surface area is 91.3 Å². The molecule has 2 atom stereocenters. The first kappa shape index (κ1) is 11.4. The van der Waals surface area contributed by atoms with E-state index in [9.17, 15) is 8.42 Å². The fraction of sp³-hybridized carbons (Fsp3) is 1.00. The summed E-state index contributed by atoms with van der Waals surface area (Å²) in [6.45, 7) is 2.27. The van der Waals surface area contributed by atoms with Crippen molar-refractivity contribution in [2.75, 3.05) is 0 Å². The summed E-state index contributed by atoms with van der Waals surface area (Å²) in [5.74, 6) is 2.07. The molecule has 0 saturated heterocycles. The Morgan fingerprint density at radius 2 is 1.60 bits per heavy atom. The first-order chi connectivity index (χ1) is 6.92. The van der Waals surface area contributed by atoms with Crippen molar-refractivity contribution in [3.63, 3.8) is 0 Å². The highest BCUT2D eigenvalue weighted by Gasteiger charge is 2.35. The maximum Gasteiger partial charge on any atom is 0.333 e. The van der Waals surface area contributed by atoms with Gasteiger partial charge in [0.1, 0.15) is 0 Å². The molecule has 0 radical (unpaired) electrons. The summed E-state index contributed by atoms with van der Waals surface area (Å²) >= 11 is 0. The molecule has 88 valence electrons. The van der Waals surface area contributed by atoms with E-state index in [1.165, 1.54) is 19.3 Å². The number of fused-ring (bicyclic) bond motifs is 2. The van der Waals surface area contributed by atoms with Gasteiger partial charge in [-0.3, -0.25) is 4.55 Å². The summed E-state index contributed by atoms with van der Waals surface area (Å²) in [5.41, 5.74) is 0. The number of hydrogen-bond donors (Lipinski definition) is 2. The van der Waals surface area contributed by atoms with Crippen LogP contribution in [0.3, 0.4) is 0 Å². The van der Waals surface area contributed by atoms with Crippen LogP contribution in [-0.2, 0) is 10.3 Å². The van der Waals surface area contributed by atoms with Gasteiger partial charge in [0.2, 0.25) is 0 Å². The van der Waals surface area contributed by atoms with E-state index in [-0.39, 0.29) is 6.04 Å². The third-order valence-corrected chi connectivity index (χ3v) is 4.32. The molecule has 2 bridgehead atoms. The molecule has 0 aromatic heterocycles. The van der Waals surface area contributed by atoms with Crippen molar-refractivity contribution in [2.24, 2.45) is 17.8 Å². The van der Waals surface area contributed by atoms with Crippen molar-refractivity contribution in [3.8, 4) is 0 Å². The molecule has 4 nitrogen and oxygen atoms in total. The van der Waals surface area contributed by atoms with Crippen molar-refractivity contribution < 1.29 is 13.0 Å². The van der Waals surface area contributed by atoms with Gasteiger partial charge in [-0.25, -0.2) is 0 Å². The third-order valence-electron chi connectivity index (χ3n) is 3.69. The minimum absolute atomic E-state index is 0.0451. The van der Waals surface area contributed by atoms with Crippen LogP contribution in [0.5, 0.6) is 0 Å². The topological polar surface area (TPSA) is 66.4 Å². The van der Waals surface area contributed by atoms with Gasteiger partial charge in [0.15, 0.2) is 0 Å². The zero-order valence-corrected chi connectivity index (χ0v) is 9.83. The van der Waals surface area contributed by atoms with Gasteiger partial charge in [-0.2, -0.15) is 13.1 Å². The van der Waals surface area contributed by atoms with Crippen molar-refractivity contribution in [2.45, 2.75) is 45.1 Å². The highest BCUT2D eigenvalue weighted by Crippen LogP contribution is 2.42. The van der Waals surface area contributed by atoms with Gasteiger partial charge in [-0.05, 0) is 49.9 Å². The van der Waals surface area contributed by atoms with Crippen LogP contribution < -0.4 is 4.72 Å². The van der Waals surface area contributed by atoms with Gasteiger partial charge in [0, 0.05) is 6.04 Å². The first-order valence-electron chi connectivity index (χ1n) is 5.67. The van der Waals surface area contributed by atoms with Crippen molar-refractivity contribution >= 4 is 10.3 Å². The Hall–Kier alpha value is -0.130. The van der Waals surface area contributed by atoms with Crippen LogP contribution >= 0.6 is 0 Å². The molecule has 2 fully saturated rings. The summed E-state index contributed by atoms with van der Waals surface area (Å²) in [5, 5.41) is 0. The lowest BCUT2D eigenvalue weighted by Gasteiger charge is -2.41. The Balaban J connectivity index is 1.97. The molecule has 0 heterocycles. The Kier molecular flexibility index (Phi) is 3.05. The predicted octanol–water partition coefficient (Wildman–Crippen LogP) is 1.59. The minimum atomic E-state index is -4.02. The van der Waals surface area contributed by atoms with E-state index in [0.717, 1.165) is 18.8 Å². The van der Waals surface area contributed by atoms with Crippen LogP contribution in [-0.4, -0.2) is 19.0 Å². The van der Waals surface area contributed by atoms with E-state index in [1.54, 1.807) is 0 Å². The van der Waals surface area contributed by atoms with Crippen molar-refractivity contribution in [1.82, 2.24) is 4.72 Å². The SMILES string of the molecule is CC1CC2CC(C1)CC(NS(=O)(=O)O)C2. The molecular weight excluding hydrogens is 214 g/mol. The first-order valence-corrected chi connectivity index (χ1v) is 7.11. The summed E-state index contributed by atoms with van der Waals surface area (Å²) in [4.78, 5) is 0. The summed E-state index contributed by atoms with van der Waals surface area (Å²) in [7, 11) is -4.02. The van der Waals surface area contributed by atoms with E-state index in [4.69, 9.17) is 4.55 Å². The standard InChI is InChI=1S/C10H19NO3S/c1-7-2-8-4-9(3-7)6-10(5-8)11-15(12,13)14/h7-11H,2-6H2,1H3,(H,12,13,14). The predicted molar refractivity (Wildman–Crippen MR) is 57.7 cm³/mol. The lowest BCUT2D eigenvalue weighted by atomic mass is 9.67. The summed E-state index contributed by atoms with van der Waals surface area (Å²) < 4.78 is 32.5. The molecule has 2 aliphatic carbocycles. The van der Waals surface area contributed by atoms with Crippen LogP contribution in [0, 0.1) is 17.8 Å². The molecule has 2 unspecified atom stereocenters. The average molecular weight is 233 g/mol. The maximum atomic E-state index is 10.7. The van der Waals surface area contributed by atoms with E-state index in [2.05, 4.69) is 11.6 Å². The van der Waals surface area contributed by atoms with Gasteiger partial charge >= 0.3 is 10.3 Å². The summed E-state index contributed by atoms with van der Waals surface area (Å²) in [6, 6.07) is -0.0451. The average Bonchev–Trinajstić information content (AvgIpc) is 1.96. The van der Waals surface area contributed by atoms with Gasteiger partial charge in [0.05, 0.1) is 0 Å². The zero-order valence-electron chi connectivity index (χ0n) is 9.02. The lowest BCUT2D eigenvalue weighted by molar-refractivity contribution is 0.125. The molecule has 0 aromatic carbocycles. The van der Waals surface area contributed by atoms with Gasteiger partial charge in [0.25, 0.3) is 0 Å². The maximum absolute atomic E-state index is 10.7. The monoisotopic (exact) mass is 233 g/mol. The highest BCUT2D eigenvalue weighted by atomic mass is 32.2. The second kappa shape index (κ2) is 4.03. The number of hydrogen-bond acceptors (Lipinski definition) is 2. The number of rotatable bonds is 2. The second-order valence-corrected chi connectivity index (χ2v) is 6.49. The summed E-state index contributed by atoms with van der Waals surface area (Å²) in [6.07, 6.45) is 5.44. The van der Waals surface area contributed by atoms with Crippen LogP contribution in [0.1, 0.15) is 39.0 Å². The van der Waals surface area contributed by atoms with Gasteiger partial charge < -0.3 is 0 Å². The molecule has 15 heavy (non-hydrogen) atoms. The fourth-order valence-electron chi connectivity index (χ4n) is 3.49. The van der Waals surface area contributed by atoms with E-state index in [0.29, 0.717) is 11.8 Å². The van der Waals surface area contributed by atoms with Crippen molar-refractivity contribution in [1.29, 1.82) is 0 Å². The van der Waals surface area contributed by atoms with Crippen molar-refractivity contribution in [3.05, 3.63) is 0 Å². The lowest BCUT2D eigenvalue weighted by Crippen LogP contribution is -2.42. The molecular formula is C10H19NO3S. The van der Waals surface area contributed by atoms with E-state index < -0.39 is 10.3 Å². The third kappa shape index (κ3) is 3.16. The zero-order chi connectivity index (χ0) is 11.1. The van der Waals surface area contributed by atoms with Gasteiger partial charge in [-0.1, -0.05) is 6.92 Å². The molecule has 0 aromatic rings. The minimum Gasteiger partial charge on any atom is -0.273 e. The molecule has 2 aliphatic rings. The molecule has 0 spiro atoms. The quantitative estimate of drug-likeness (QED) is 0.712. The fourth-order valence-corrected chi connectivity index (χ4v) is 4.10.